The van der Waals surface area contributed by atoms with Crippen LogP contribution in [0, 0.1) is 0 Å². The quantitative estimate of drug-likeness (QED) is 0.0294. The number of unbranched alkanes of at least 4 members (excludes halogenated alkanes) is 28. The maximum absolute atomic E-state index is 12.4. The molecule has 0 fully saturated rings. The van der Waals surface area contributed by atoms with Gasteiger partial charge in [0.25, 0.3) is 0 Å². The maximum atomic E-state index is 12.4. The van der Waals surface area contributed by atoms with Crippen LogP contribution in [0.3, 0.4) is 0 Å². The van der Waals surface area contributed by atoms with Gasteiger partial charge in [-0.3, -0.25) is 9.59 Å². The third-order valence-corrected chi connectivity index (χ3v) is 9.15. The number of carbonyl (C=O) groups is 2. The highest BCUT2D eigenvalue weighted by molar-refractivity contribution is 6.32. The zero-order valence-corrected chi connectivity index (χ0v) is 31.3. The molecule has 0 aliphatic rings. The molecule has 0 aromatic heterocycles. The van der Waals surface area contributed by atoms with Crippen LogP contribution in [0.5, 0.6) is 0 Å². The Kier molecular flexibility index (Phi) is 33.9. The highest BCUT2D eigenvalue weighted by Crippen LogP contribution is 2.19. The fourth-order valence-corrected chi connectivity index (χ4v) is 6.17. The van der Waals surface area contributed by atoms with E-state index < -0.39 is 25.0 Å². The Bertz CT molecular complexity index is 690. The molecular formula is C39H77BO7. The van der Waals surface area contributed by atoms with E-state index in [1.54, 1.807) is 0 Å². The van der Waals surface area contributed by atoms with E-state index in [0.717, 1.165) is 32.1 Å². The van der Waals surface area contributed by atoms with E-state index in [4.69, 9.17) is 14.1 Å². The van der Waals surface area contributed by atoms with Crippen molar-refractivity contribution in [1.29, 1.82) is 0 Å². The topological polar surface area (TPSA) is 102 Å². The number of hydrogen-bond acceptors (Lipinski definition) is 7. The molecule has 0 aromatic carbocycles. The van der Waals surface area contributed by atoms with E-state index in [1.807, 2.05) is 0 Å². The van der Waals surface area contributed by atoms with Crippen LogP contribution in [0.15, 0.2) is 0 Å². The third kappa shape index (κ3) is 34.5. The molecule has 1 atom stereocenters. The Morgan fingerprint density at radius 3 is 1.04 bits per heavy atom. The van der Waals surface area contributed by atoms with E-state index in [-0.39, 0.29) is 19.4 Å². The Labute approximate surface area is 291 Å². The van der Waals surface area contributed by atoms with Gasteiger partial charge in [-0.25, -0.2) is 0 Å². The molecule has 0 rings (SSSR count). The standard InChI is InChI=1S/C39H77BO7/c1-4-6-8-10-12-14-16-18-20-22-24-26-28-30-32-34-37(41)45-36-39(3,47-40(43)44)46-38(42)35-33-31-29-27-25-23-21-19-17-15-13-11-9-7-5-2/h43-44H,4-36H2,1-3H3. The smallest absolute Gasteiger partial charge is 0.459 e. The average Bonchev–Trinajstić information content (AvgIpc) is 3.03. The summed E-state index contributed by atoms with van der Waals surface area (Å²) < 4.78 is 15.7. The SMILES string of the molecule is CCCCCCCCCCCCCCCCCC(=O)OCC(C)(OB(O)O)OC(=O)CCCCCCCCCCCCCCCCC. The molecule has 0 spiro atoms. The lowest BCUT2D eigenvalue weighted by atomic mass is 10.0. The number of carbonyl (C=O) groups excluding carboxylic acids is 2. The number of hydrogen-bond donors (Lipinski definition) is 2. The van der Waals surface area contributed by atoms with E-state index in [2.05, 4.69) is 13.8 Å². The normalized spacial score (nSPS) is 12.6. The van der Waals surface area contributed by atoms with Crippen molar-refractivity contribution in [2.45, 2.75) is 232 Å². The predicted molar refractivity (Wildman–Crippen MR) is 196 cm³/mol. The molecule has 0 aromatic rings. The van der Waals surface area contributed by atoms with Crippen LogP contribution in [0.2, 0.25) is 0 Å². The largest absolute Gasteiger partial charge is 0.636 e. The van der Waals surface area contributed by atoms with Gasteiger partial charge in [-0.05, 0) is 12.8 Å². The molecule has 0 heterocycles. The summed E-state index contributed by atoms with van der Waals surface area (Å²) in [6.07, 6.45) is 38.1. The fourth-order valence-electron chi connectivity index (χ4n) is 6.17. The van der Waals surface area contributed by atoms with Gasteiger partial charge in [0.05, 0.1) is 0 Å². The zero-order chi connectivity index (χ0) is 34.7. The summed E-state index contributed by atoms with van der Waals surface area (Å²) >= 11 is 0. The summed E-state index contributed by atoms with van der Waals surface area (Å²) in [5.41, 5.74) is 0. The van der Waals surface area contributed by atoms with Gasteiger partial charge < -0.3 is 24.2 Å². The van der Waals surface area contributed by atoms with Crippen LogP contribution in [0.4, 0.5) is 0 Å². The Hall–Kier alpha value is -1.12. The van der Waals surface area contributed by atoms with Gasteiger partial charge in [-0.2, -0.15) is 0 Å². The molecule has 0 aliphatic carbocycles. The molecule has 47 heavy (non-hydrogen) atoms. The molecule has 0 aliphatic heterocycles. The van der Waals surface area contributed by atoms with Gasteiger partial charge in [0.1, 0.15) is 0 Å². The molecular weight excluding hydrogens is 591 g/mol. The molecule has 2 N–H and O–H groups in total. The first kappa shape index (κ1) is 45.9. The third-order valence-electron chi connectivity index (χ3n) is 9.15. The lowest BCUT2D eigenvalue weighted by molar-refractivity contribution is -0.218. The lowest BCUT2D eigenvalue weighted by Gasteiger charge is -2.29. The highest BCUT2D eigenvalue weighted by Gasteiger charge is 2.36. The lowest BCUT2D eigenvalue weighted by Crippen LogP contribution is -2.45. The van der Waals surface area contributed by atoms with Crippen molar-refractivity contribution in [2.75, 3.05) is 6.61 Å². The van der Waals surface area contributed by atoms with Crippen LogP contribution in [0.25, 0.3) is 0 Å². The van der Waals surface area contributed by atoms with Crippen molar-refractivity contribution in [3.8, 4) is 0 Å². The Morgan fingerprint density at radius 1 is 0.468 bits per heavy atom. The van der Waals surface area contributed by atoms with Crippen LogP contribution in [0.1, 0.15) is 226 Å². The Morgan fingerprint density at radius 2 is 0.745 bits per heavy atom. The first-order chi connectivity index (χ1) is 22.8. The monoisotopic (exact) mass is 669 g/mol. The summed E-state index contributed by atoms with van der Waals surface area (Å²) in [4.78, 5) is 24.7. The van der Waals surface area contributed by atoms with Crippen LogP contribution in [-0.2, 0) is 23.7 Å². The van der Waals surface area contributed by atoms with E-state index >= 15 is 0 Å². The molecule has 0 bridgehead atoms. The molecule has 1 unspecified atom stereocenters. The predicted octanol–water partition coefficient (Wildman–Crippen LogP) is 11.3. The minimum Gasteiger partial charge on any atom is -0.459 e. The van der Waals surface area contributed by atoms with E-state index in [1.165, 1.54) is 161 Å². The molecule has 0 saturated carbocycles. The van der Waals surface area contributed by atoms with Crippen molar-refractivity contribution in [2.24, 2.45) is 0 Å². The molecule has 0 saturated heterocycles. The molecule has 8 heteroatoms. The minimum atomic E-state index is -2.15. The van der Waals surface area contributed by atoms with Gasteiger partial charge in [0.15, 0.2) is 6.61 Å². The van der Waals surface area contributed by atoms with Gasteiger partial charge in [-0.1, -0.05) is 194 Å². The second-order valence-electron chi connectivity index (χ2n) is 14.1. The number of rotatable bonds is 37. The Balaban J connectivity index is 3.83. The van der Waals surface area contributed by atoms with Crippen LogP contribution < -0.4 is 0 Å². The van der Waals surface area contributed by atoms with Crippen LogP contribution >= 0.6 is 0 Å². The molecule has 7 nitrogen and oxygen atoms in total. The van der Waals surface area contributed by atoms with Gasteiger partial charge in [0.2, 0.25) is 5.79 Å². The molecule has 0 radical (unpaired) electrons. The number of esters is 2. The summed E-state index contributed by atoms with van der Waals surface area (Å²) in [5, 5.41) is 18.7. The summed E-state index contributed by atoms with van der Waals surface area (Å²) in [7, 11) is -2.15. The minimum absolute atomic E-state index is 0.214. The highest BCUT2D eigenvalue weighted by atomic mass is 16.8. The van der Waals surface area contributed by atoms with Crippen LogP contribution in [-0.4, -0.2) is 41.7 Å². The molecule has 278 valence electrons. The van der Waals surface area contributed by atoms with Crippen molar-refractivity contribution >= 4 is 19.3 Å². The second kappa shape index (κ2) is 34.7. The van der Waals surface area contributed by atoms with Crippen molar-refractivity contribution in [3.63, 3.8) is 0 Å². The van der Waals surface area contributed by atoms with Crippen molar-refractivity contribution < 1.29 is 33.8 Å². The first-order valence-corrected chi connectivity index (χ1v) is 20.2. The number of ether oxygens (including phenoxy) is 2. The van der Waals surface area contributed by atoms with Crippen molar-refractivity contribution in [1.82, 2.24) is 0 Å². The van der Waals surface area contributed by atoms with E-state index in [0.29, 0.717) is 6.42 Å². The second-order valence-corrected chi connectivity index (χ2v) is 14.1. The summed E-state index contributed by atoms with van der Waals surface area (Å²) in [6.45, 7) is 5.53. The molecule has 0 amide bonds. The van der Waals surface area contributed by atoms with Gasteiger partial charge >= 0.3 is 19.3 Å². The average molecular weight is 669 g/mol. The van der Waals surface area contributed by atoms with Gasteiger partial charge in [0, 0.05) is 19.8 Å². The zero-order valence-electron chi connectivity index (χ0n) is 31.3. The maximum Gasteiger partial charge on any atom is 0.636 e. The first-order valence-electron chi connectivity index (χ1n) is 20.2. The van der Waals surface area contributed by atoms with Crippen molar-refractivity contribution in [3.05, 3.63) is 0 Å². The van der Waals surface area contributed by atoms with E-state index in [9.17, 15) is 19.6 Å². The summed E-state index contributed by atoms with van der Waals surface area (Å²) in [5.74, 6) is -2.65. The summed E-state index contributed by atoms with van der Waals surface area (Å²) in [6, 6.07) is 0. The van der Waals surface area contributed by atoms with Gasteiger partial charge in [-0.15, -0.1) is 0 Å². The fraction of sp³-hybridized carbons (Fsp3) is 0.949.